The zero-order chi connectivity index (χ0) is 12.8. The topological polar surface area (TPSA) is 36.6 Å². The summed E-state index contributed by atoms with van der Waals surface area (Å²) in [7, 11) is 0. The molecule has 0 fully saturated rings. The Morgan fingerprint density at radius 2 is 1.83 bits per heavy atom. The molecular weight excluding hydrogens is 226 g/mol. The van der Waals surface area contributed by atoms with Crippen LogP contribution < -0.4 is 4.90 Å². The Hall–Kier alpha value is -2.00. The molecule has 1 heterocycles. The molecule has 0 unspecified atom stereocenters. The van der Waals surface area contributed by atoms with Gasteiger partial charge in [-0.3, -0.25) is 0 Å². The van der Waals surface area contributed by atoms with E-state index in [9.17, 15) is 0 Å². The summed E-state index contributed by atoms with van der Waals surface area (Å²) in [6, 6.07) is 13.8. The van der Waals surface area contributed by atoms with Gasteiger partial charge in [-0.15, -0.1) is 6.58 Å². The molecule has 0 amide bonds. The van der Waals surface area contributed by atoms with Crippen LogP contribution in [0, 0.1) is 0 Å². The standard InChI is InChI=1S/C15H17NO2/c1-2-10-16(13-6-4-3-5-7-13)11-14-8-9-15(12-17)18-14/h2-9,17H,1,10-12H2. The molecule has 0 spiro atoms. The SMILES string of the molecule is C=CCN(Cc1ccc(CO)o1)c1ccccc1. The Kier molecular flexibility index (Phi) is 4.20. The average molecular weight is 243 g/mol. The number of anilines is 1. The van der Waals surface area contributed by atoms with E-state index < -0.39 is 0 Å². The molecule has 0 radical (unpaired) electrons. The summed E-state index contributed by atoms with van der Waals surface area (Å²) in [6.07, 6.45) is 1.86. The summed E-state index contributed by atoms with van der Waals surface area (Å²) < 4.78 is 5.51. The van der Waals surface area contributed by atoms with Gasteiger partial charge in [0.2, 0.25) is 0 Å². The van der Waals surface area contributed by atoms with Crippen LogP contribution in [0.1, 0.15) is 11.5 Å². The normalized spacial score (nSPS) is 10.3. The van der Waals surface area contributed by atoms with Gasteiger partial charge in [0.15, 0.2) is 0 Å². The molecule has 1 aromatic heterocycles. The molecule has 2 aromatic rings. The fourth-order valence-electron chi connectivity index (χ4n) is 1.84. The van der Waals surface area contributed by atoms with E-state index in [-0.39, 0.29) is 6.61 Å². The highest BCUT2D eigenvalue weighted by atomic mass is 16.4. The number of rotatable bonds is 6. The Morgan fingerprint density at radius 3 is 2.44 bits per heavy atom. The zero-order valence-electron chi connectivity index (χ0n) is 10.2. The van der Waals surface area contributed by atoms with Crippen LogP contribution in [0.2, 0.25) is 0 Å². The number of hydrogen-bond acceptors (Lipinski definition) is 3. The van der Waals surface area contributed by atoms with Gasteiger partial charge in [0.25, 0.3) is 0 Å². The number of nitrogens with zero attached hydrogens (tertiary/aromatic N) is 1. The lowest BCUT2D eigenvalue weighted by molar-refractivity contribution is 0.243. The van der Waals surface area contributed by atoms with Gasteiger partial charge in [-0.25, -0.2) is 0 Å². The van der Waals surface area contributed by atoms with Crippen LogP contribution in [0.15, 0.2) is 59.5 Å². The van der Waals surface area contributed by atoms with Gasteiger partial charge in [-0.2, -0.15) is 0 Å². The second-order valence-corrected chi connectivity index (χ2v) is 4.03. The number of furan rings is 1. The number of hydrogen-bond donors (Lipinski definition) is 1. The van der Waals surface area contributed by atoms with Gasteiger partial charge < -0.3 is 14.4 Å². The molecular formula is C15H17NO2. The summed E-state index contributed by atoms with van der Waals surface area (Å²) in [5, 5.41) is 8.98. The lowest BCUT2D eigenvalue weighted by atomic mass is 10.2. The highest BCUT2D eigenvalue weighted by Crippen LogP contribution is 2.18. The molecule has 0 aliphatic carbocycles. The molecule has 0 aliphatic rings. The summed E-state index contributed by atoms with van der Waals surface area (Å²) in [4.78, 5) is 2.16. The van der Waals surface area contributed by atoms with Crippen LogP contribution in [0.5, 0.6) is 0 Å². The number of aliphatic hydroxyl groups excluding tert-OH is 1. The van der Waals surface area contributed by atoms with Crippen LogP contribution in [0.3, 0.4) is 0 Å². The largest absolute Gasteiger partial charge is 0.462 e. The van der Waals surface area contributed by atoms with Crippen molar-refractivity contribution in [3.63, 3.8) is 0 Å². The maximum atomic E-state index is 8.98. The van der Waals surface area contributed by atoms with E-state index in [2.05, 4.69) is 23.6 Å². The van der Waals surface area contributed by atoms with Crippen molar-refractivity contribution in [3.05, 3.63) is 66.6 Å². The van der Waals surface area contributed by atoms with Gasteiger partial charge in [0.05, 0.1) is 6.54 Å². The average Bonchev–Trinajstić information content (AvgIpc) is 2.87. The second-order valence-electron chi connectivity index (χ2n) is 4.03. The van der Waals surface area contributed by atoms with Crippen molar-refractivity contribution >= 4 is 5.69 Å². The minimum Gasteiger partial charge on any atom is -0.462 e. The fourth-order valence-corrected chi connectivity index (χ4v) is 1.84. The quantitative estimate of drug-likeness (QED) is 0.792. The van der Waals surface area contributed by atoms with Crippen molar-refractivity contribution < 1.29 is 9.52 Å². The first kappa shape index (κ1) is 12.5. The molecule has 0 bridgehead atoms. The van der Waals surface area contributed by atoms with Crippen molar-refractivity contribution in [2.24, 2.45) is 0 Å². The summed E-state index contributed by atoms with van der Waals surface area (Å²) in [6.45, 7) is 5.13. The molecule has 3 nitrogen and oxygen atoms in total. The van der Waals surface area contributed by atoms with E-state index in [1.165, 1.54) is 0 Å². The Balaban J connectivity index is 2.13. The Labute approximate surface area is 107 Å². The monoisotopic (exact) mass is 243 g/mol. The number of aliphatic hydroxyl groups is 1. The molecule has 0 aliphatic heterocycles. The fraction of sp³-hybridized carbons (Fsp3) is 0.200. The van der Waals surface area contributed by atoms with Gasteiger partial charge in [0, 0.05) is 12.2 Å². The van der Waals surface area contributed by atoms with Gasteiger partial charge in [-0.05, 0) is 24.3 Å². The van der Waals surface area contributed by atoms with Crippen molar-refractivity contribution in [1.82, 2.24) is 0 Å². The first-order valence-electron chi connectivity index (χ1n) is 5.93. The molecule has 94 valence electrons. The maximum absolute atomic E-state index is 8.98. The molecule has 0 saturated heterocycles. The van der Waals surface area contributed by atoms with Gasteiger partial charge in [0.1, 0.15) is 18.1 Å². The molecule has 1 aromatic carbocycles. The third-order valence-electron chi connectivity index (χ3n) is 2.69. The number of benzene rings is 1. The summed E-state index contributed by atoms with van der Waals surface area (Å²) in [5.41, 5.74) is 1.12. The van der Waals surface area contributed by atoms with Gasteiger partial charge >= 0.3 is 0 Å². The van der Waals surface area contributed by atoms with Crippen molar-refractivity contribution in [1.29, 1.82) is 0 Å². The van der Waals surface area contributed by atoms with Crippen molar-refractivity contribution in [2.45, 2.75) is 13.2 Å². The zero-order valence-corrected chi connectivity index (χ0v) is 10.2. The molecule has 0 atom stereocenters. The van der Waals surface area contributed by atoms with E-state index in [1.54, 1.807) is 6.07 Å². The molecule has 18 heavy (non-hydrogen) atoms. The van der Waals surface area contributed by atoms with Crippen molar-refractivity contribution in [3.8, 4) is 0 Å². The van der Waals surface area contributed by atoms with Crippen LogP contribution in [0.25, 0.3) is 0 Å². The van der Waals surface area contributed by atoms with Crippen LogP contribution >= 0.6 is 0 Å². The lowest BCUT2D eigenvalue weighted by Gasteiger charge is -2.22. The highest BCUT2D eigenvalue weighted by molar-refractivity contribution is 5.46. The summed E-state index contributed by atoms with van der Waals surface area (Å²) >= 11 is 0. The van der Waals surface area contributed by atoms with Gasteiger partial charge in [-0.1, -0.05) is 24.3 Å². The van der Waals surface area contributed by atoms with Crippen molar-refractivity contribution in [2.75, 3.05) is 11.4 Å². The van der Waals surface area contributed by atoms with Crippen LogP contribution in [-0.4, -0.2) is 11.7 Å². The molecule has 1 N–H and O–H groups in total. The smallest absolute Gasteiger partial charge is 0.129 e. The van der Waals surface area contributed by atoms with E-state index in [4.69, 9.17) is 9.52 Å². The highest BCUT2D eigenvalue weighted by Gasteiger charge is 2.08. The van der Waals surface area contributed by atoms with E-state index in [1.807, 2.05) is 30.3 Å². The molecule has 3 heteroatoms. The molecule has 2 rings (SSSR count). The van der Waals surface area contributed by atoms with Crippen LogP contribution in [-0.2, 0) is 13.2 Å². The minimum absolute atomic E-state index is 0.0627. The minimum atomic E-state index is -0.0627. The first-order valence-corrected chi connectivity index (χ1v) is 5.93. The second kappa shape index (κ2) is 6.07. The predicted octanol–water partition coefficient (Wildman–Crippen LogP) is 2.96. The summed E-state index contributed by atoms with van der Waals surface area (Å²) in [5.74, 6) is 1.43. The predicted molar refractivity (Wildman–Crippen MR) is 72.3 cm³/mol. The molecule has 0 saturated carbocycles. The van der Waals surface area contributed by atoms with E-state index in [0.717, 1.165) is 18.0 Å². The lowest BCUT2D eigenvalue weighted by Crippen LogP contribution is -2.22. The van der Waals surface area contributed by atoms with Crippen LogP contribution in [0.4, 0.5) is 5.69 Å². The Bertz CT molecular complexity index is 490. The van der Waals surface area contributed by atoms with E-state index >= 15 is 0 Å². The Morgan fingerprint density at radius 1 is 1.11 bits per heavy atom. The number of para-hydroxylation sites is 1. The first-order chi connectivity index (χ1) is 8.83. The third-order valence-corrected chi connectivity index (χ3v) is 2.69. The van der Waals surface area contributed by atoms with E-state index in [0.29, 0.717) is 12.3 Å². The maximum Gasteiger partial charge on any atom is 0.129 e. The third kappa shape index (κ3) is 3.02.